The fraction of sp³-hybridized carbons (Fsp3) is 0.125. The van der Waals surface area contributed by atoms with Gasteiger partial charge in [0.1, 0.15) is 5.82 Å². The molecule has 0 aromatic carbocycles. The van der Waals surface area contributed by atoms with Crippen molar-refractivity contribution >= 4 is 18.1 Å². The minimum absolute atomic E-state index is 0.679. The first-order valence-electron chi connectivity index (χ1n) is 3.43. The number of aromatic nitrogens is 2. The second-order valence-electron chi connectivity index (χ2n) is 2.33. The van der Waals surface area contributed by atoms with Crippen molar-refractivity contribution in [2.24, 2.45) is 0 Å². The number of hydrogen-bond acceptors (Lipinski definition) is 2. The summed E-state index contributed by atoms with van der Waals surface area (Å²) in [5.41, 5.74) is 1.12. The van der Waals surface area contributed by atoms with Crippen molar-refractivity contribution < 1.29 is 0 Å². The molecule has 0 saturated carbocycles. The van der Waals surface area contributed by atoms with E-state index in [1.54, 1.807) is 0 Å². The molecule has 2 aromatic rings. The maximum Gasteiger partial charge on any atom is 0.122 e. The Balaban J connectivity index is 2.76. The fourth-order valence-corrected chi connectivity index (χ4v) is 1.35. The molecule has 0 atom stereocenters. The van der Waals surface area contributed by atoms with Crippen molar-refractivity contribution in [3.05, 3.63) is 36.4 Å². The maximum atomic E-state index is 4.20. The highest BCUT2D eigenvalue weighted by Gasteiger charge is 1.97. The lowest BCUT2D eigenvalue weighted by Crippen LogP contribution is -1.88. The van der Waals surface area contributed by atoms with E-state index in [1.807, 2.05) is 35.0 Å². The summed E-state index contributed by atoms with van der Waals surface area (Å²) in [6.45, 7) is 0. The summed E-state index contributed by atoms with van der Waals surface area (Å²) in [7, 11) is 0. The van der Waals surface area contributed by atoms with Gasteiger partial charge in [-0.3, -0.25) is 0 Å². The average Bonchev–Trinajstić information content (AvgIpc) is 2.47. The predicted octanol–water partition coefficient (Wildman–Crippen LogP) is 1.76. The number of fused-ring (bicyclic) bond motifs is 1. The molecule has 2 rings (SSSR count). The van der Waals surface area contributed by atoms with E-state index in [0.717, 1.165) is 11.3 Å². The van der Waals surface area contributed by atoms with E-state index in [1.165, 1.54) is 0 Å². The molecule has 2 nitrogen and oxygen atoms in total. The molecule has 0 spiro atoms. The van der Waals surface area contributed by atoms with Crippen LogP contribution in [0.4, 0.5) is 0 Å². The lowest BCUT2D eigenvalue weighted by Gasteiger charge is -1.94. The Morgan fingerprint density at radius 1 is 1.45 bits per heavy atom. The molecule has 0 saturated heterocycles. The third-order valence-electron chi connectivity index (χ3n) is 1.66. The van der Waals surface area contributed by atoms with Gasteiger partial charge in [0.2, 0.25) is 0 Å². The molecule has 0 bridgehead atoms. The first-order chi connectivity index (χ1) is 5.42. The van der Waals surface area contributed by atoms with Gasteiger partial charge in [-0.25, -0.2) is 4.98 Å². The average molecular weight is 164 g/mol. The number of rotatable bonds is 1. The lowest BCUT2D eigenvalue weighted by molar-refractivity contribution is 1.03. The monoisotopic (exact) mass is 164 g/mol. The second-order valence-corrected chi connectivity index (χ2v) is 2.64. The third kappa shape index (κ3) is 1.01. The minimum atomic E-state index is 0.679. The van der Waals surface area contributed by atoms with Crippen LogP contribution in [0.15, 0.2) is 30.6 Å². The Labute approximate surface area is 70.3 Å². The maximum absolute atomic E-state index is 4.20. The summed E-state index contributed by atoms with van der Waals surface area (Å²) in [4.78, 5) is 4.20. The molecular formula is C8H8N2S. The third-order valence-corrected chi connectivity index (χ3v) is 1.94. The highest BCUT2D eigenvalue weighted by atomic mass is 32.1. The summed E-state index contributed by atoms with van der Waals surface area (Å²) in [5.74, 6) is 1.67. The number of imidazole rings is 1. The molecule has 0 radical (unpaired) electrons. The van der Waals surface area contributed by atoms with Crippen LogP contribution < -0.4 is 0 Å². The molecule has 3 heteroatoms. The van der Waals surface area contributed by atoms with Crippen LogP contribution >= 0.6 is 12.6 Å². The fourth-order valence-electron chi connectivity index (χ4n) is 1.12. The zero-order valence-corrected chi connectivity index (χ0v) is 6.83. The first-order valence-corrected chi connectivity index (χ1v) is 4.07. The number of nitrogens with zero attached hydrogens (tertiary/aromatic N) is 2. The summed E-state index contributed by atoms with van der Waals surface area (Å²) in [6, 6.07) is 6.01. The van der Waals surface area contributed by atoms with Gasteiger partial charge in [0.25, 0.3) is 0 Å². The number of pyridine rings is 1. The summed E-state index contributed by atoms with van der Waals surface area (Å²) >= 11 is 4.17. The van der Waals surface area contributed by atoms with Gasteiger partial charge in [-0.2, -0.15) is 12.6 Å². The van der Waals surface area contributed by atoms with Gasteiger partial charge < -0.3 is 4.40 Å². The molecular weight excluding hydrogens is 156 g/mol. The Bertz CT molecular complexity index is 367. The molecule has 0 aliphatic carbocycles. The van der Waals surface area contributed by atoms with Crippen LogP contribution in [-0.4, -0.2) is 9.38 Å². The Hall–Kier alpha value is -0.960. The Morgan fingerprint density at radius 3 is 3.18 bits per heavy atom. The van der Waals surface area contributed by atoms with Crippen molar-refractivity contribution in [2.75, 3.05) is 0 Å². The van der Waals surface area contributed by atoms with Gasteiger partial charge >= 0.3 is 0 Å². The van der Waals surface area contributed by atoms with Crippen molar-refractivity contribution in [3.63, 3.8) is 0 Å². The van der Waals surface area contributed by atoms with Gasteiger partial charge in [-0.1, -0.05) is 6.07 Å². The quantitative estimate of drug-likeness (QED) is 0.636. The summed E-state index contributed by atoms with van der Waals surface area (Å²) < 4.78 is 2.03. The first kappa shape index (κ1) is 6.73. The van der Waals surface area contributed by atoms with Gasteiger partial charge in [0, 0.05) is 11.9 Å². The molecule has 0 aliphatic rings. The van der Waals surface area contributed by atoms with Crippen molar-refractivity contribution in [3.8, 4) is 0 Å². The summed E-state index contributed by atoms with van der Waals surface area (Å²) in [6.07, 6.45) is 3.85. The van der Waals surface area contributed by atoms with Crippen LogP contribution in [0.3, 0.4) is 0 Å². The van der Waals surface area contributed by atoms with E-state index < -0.39 is 0 Å². The van der Waals surface area contributed by atoms with Gasteiger partial charge in [-0.05, 0) is 12.1 Å². The second kappa shape index (κ2) is 2.58. The molecule has 2 heterocycles. The molecule has 0 amide bonds. The van der Waals surface area contributed by atoms with E-state index in [4.69, 9.17) is 0 Å². The highest BCUT2D eigenvalue weighted by Crippen LogP contribution is 2.07. The van der Waals surface area contributed by atoms with Crippen LogP contribution in [0.2, 0.25) is 0 Å². The van der Waals surface area contributed by atoms with Crippen molar-refractivity contribution in [2.45, 2.75) is 5.75 Å². The van der Waals surface area contributed by atoms with E-state index in [-0.39, 0.29) is 0 Å². The van der Waals surface area contributed by atoms with E-state index >= 15 is 0 Å². The molecule has 0 unspecified atom stereocenters. The number of thiol groups is 1. The molecule has 11 heavy (non-hydrogen) atoms. The lowest BCUT2D eigenvalue weighted by atomic mass is 10.4. The topological polar surface area (TPSA) is 17.3 Å². The molecule has 56 valence electrons. The normalized spacial score (nSPS) is 10.6. The standard InChI is InChI=1S/C8H8N2S/c11-6-8-9-5-7-3-1-2-4-10(7)8/h1-5,11H,6H2. The number of hydrogen-bond donors (Lipinski definition) is 1. The van der Waals surface area contributed by atoms with E-state index in [0.29, 0.717) is 5.75 Å². The van der Waals surface area contributed by atoms with Crippen LogP contribution in [-0.2, 0) is 5.75 Å². The molecule has 0 N–H and O–H groups in total. The van der Waals surface area contributed by atoms with Crippen LogP contribution in [0, 0.1) is 0 Å². The van der Waals surface area contributed by atoms with Gasteiger partial charge in [0.15, 0.2) is 0 Å². The van der Waals surface area contributed by atoms with Crippen molar-refractivity contribution in [1.82, 2.24) is 9.38 Å². The van der Waals surface area contributed by atoms with Gasteiger partial charge in [0.05, 0.1) is 11.7 Å². The SMILES string of the molecule is SCc1ncc2ccccn12. The van der Waals surface area contributed by atoms with E-state index in [9.17, 15) is 0 Å². The zero-order valence-electron chi connectivity index (χ0n) is 5.94. The van der Waals surface area contributed by atoms with Crippen molar-refractivity contribution in [1.29, 1.82) is 0 Å². The Morgan fingerprint density at radius 2 is 2.36 bits per heavy atom. The smallest absolute Gasteiger partial charge is 0.122 e. The van der Waals surface area contributed by atoms with Crippen LogP contribution in [0.25, 0.3) is 5.52 Å². The molecule has 0 fully saturated rings. The van der Waals surface area contributed by atoms with Crippen LogP contribution in [0.5, 0.6) is 0 Å². The summed E-state index contributed by atoms with van der Waals surface area (Å²) in [5, 5.41) is 0. The zero-order chi connectivity index (χ0) is 7.68. The largest absolute Gasteiger partial charge is 0.303 e. The molecule has 2 aromatic heterocycles. The van der Waals surface area contributed by atoms with Crippen LogP contribution in [0.1, 0.15) is 5.82 Å². The molecule has 0 aliphatic heterocycles. The highest BCUT2D eigenvalue weighted by molar-refractivity contribution is 7.79. The Kier molecular flexibility index (Phi) is 1.58. The minimum Gasteiger partial charge on any atom is -0.303 e. The van der Waals surface area contributed by atoms with Gasteiger partial charge in [-0.15, -0.1) is 0 Å². The van der Waals surface area contributed by atoms with E-state index in [2.05, 4.69) is 17.6 Å². The predicted molar refractivity (Wildman–Crippen MR) is 47.9 cm³/mol.